The molecule has 0 atom stereocenters. The van der Waals surface area contributed by atoms with Gasteiger partial charge in [0.1, 0.15) is 11.6 Å². The largest absolute Gasteiger partial charge is 0.494 e. The van der Waals surface area contributed by atoms with Gasteiger partial charge in [-0.1, -0.05) is 12.1 Å². The monoisotopic (exact) mass is 363 g/mol. The summed E-state index contributed by atoms with van der Waals surface area (Å²) in [4.78, 5) is 15.1. The molecular weight excluding hydrogens is 342 g/mol. The van der Waals surface area contributed by atoms with Crippen LogP contribution in [0.25, 0.3) is 11.1 Å². The van der Waals surface area contributed by atoms with Crippen LogP contribution in [0.3, 0.4) is 0 Å². The van der Waals surface area contributed by atoms with Gasteiger partial charge in [0.15, 0.2) is 0 Å². The molecule has 1 heterocycles. The van der Waals surface area contributed by atoms with E-state index in [1.54, 1.807) is 12.4 Å². The third-order valence-corrected chi connectivity index (χ3v) is 3.51. The smallest absolute Gasteiger partial charge is 0.305 e. The fourth-order valence-electron chi connectivity index (χ4n) is 2.15. The van der Waals surface area contributed by atoms with Gasteiger partial charge in [-0.15, -0.1) is 12.4 Å². The van der Waals surface area contributed by atoms with Crippen LogP contribution in [0.2, 0.25) is 0 Å². The summed E-state index contributed by atoms with van der Waals surface area (Å²) in [6, 6.07) is 9.47. The molecule has 7 heteroatoms. The number of hydrogen-bond acceptors (Lipinski definition) is 5. The Bertz CT molecular complexity index is 705. The summed E-state index contributed by atoms with van der Waals surface area (Å²) in [6.07, 6.45) is 5.25. The Balaban J connectivity index is 0.00000312. The number of nitrogen functional groups attached to an aromatic ring is 1. The van der Waals surface area contributed by atoms with E-state index in [0.717, 1.165) is 29.7 Å². The molecule has 2 rings (SSSR count). The van der Waals surface area contributed by atoms with Crippen molar-refractivity contribution in [1.29, 1.82) is 5.41 Å². The first-order valence-electron chi connectivity index (χ1n) is 7.69. The van der Waals surface area contributed by atoms with Gasteiger partial charge in [-0.05, 0) is 36.6 Å². The lowest BCUT2D eigenvalue weighted by Gasteiger charge is -2.08. The molecule has 0 spiro atoms. The molecule has 0 radical (unpaired) electrons. The van der Waals surface area contributed by atoms with Gasteiger partial charge in [-0.3, -0.25) is 15.2 Å². The number of carbonyl (C=O) groups is 1. The quantitative estimate of drug-likeness (QED) is 0.325. The van der Waals surface area contributed by atoms with Gasteiger partial charge in [0.25, 0.3) is 0 Å². The predicted molar refractivity (Wildman–Crippen MR) is 99.3 cm³/mol. The molecule has 3 N–H and O–H groups in total. The van der Waals surface area contributed by atoms with E-state index < -0.39 is 0 Å². The average molecular weight is 364 g/mol. The van der Waals surface area contributed by atoms with Crippen LogP contribution >= 0.6 is 12.4 Å². The van der Waals surface area contributed by atoms with Crippen molar-refractivity contribution in [3.05, 3.63) is 48.3 Å². The highest BCUT2D eigenvalue weighted by molar-refractivity contribution is 5.95. The van der Waals surface area contributed by atoms with Crippen molar-refractivity contribution >= 4 is 24.2 Å². The number of carbonyl (C=O) groups excluding carboxylic acids is 1. The Hall–Kier alpha value is -2.60. The SMILES string of the molecule is COC(=O)CCCCOc1ccc(-c2cncc(C(=N)N)c2)cc1.Cl. The van der Waals surface area contributed by atoms with Crippen LogP contribution in [-0.2, 0) is 9.53 Å². The van der Waals surface area contributed by atoms with E-state index >= 15 is 0 Å². The van der Waals surface area contributed by atoms with Crippen LogP contribution in [-0.4, -0.2) is 30.5 Å². The normalized spacial score (nSPS) is 9.80. The topological polar surface area (TPSA) is 98.3 Å². The summed E-state index contributed by atoms with van der Waals surface area (Å²) in [5.41, 5.74) is 7.95. The van der Waals surface area contributed by atoms with E-state index in [0.29, 0.717) is 18.6 Å². The maximum absolute atomic E-state index is 11.0. The molecule has 6 nitrogen and oxygen atoms in total. The molecule has 1 aromatic carbocycles. The molecule has 0 bridgehead atoms. The molecule has 25 heavy (non-hydrogen) atoms. The molecular formula is C18H22ClN3O3. The number of esters is 1. The van der Waals surface area contributed by atoms with E-state index in [1.165, 1.54) is 7.11 Å². The van der Waals surface area contributed by atoms with Crippen LogP contribution in [0.5, 0.6) is 5.75 Å². The number of hydrogen-bond donors (Lipinski definition) is 2. The molecule has 2 aromatic rings. The lowest BCUT2D eigenvalue weighted by molar-refractivity contribution is -0.140. The number of nitrogens with two attached hydrogens (primary N) is 1. The number of benzene rings is 1. The lowest BCUT2D eigenvalue weighted by Crippen LogP contribution is -2.11. The zero-order valence-corrected chi connectivity index (χ0v) is 14.8. The van der Waals surface area contributed by atoms with Crippen LogP contribution in [0.15, 0.2) is 42.7 Å². The van der Waals surface area contributed by atoms with Crippen molar-refractivity contribution in [2.45, 2.75) is 19.3 Å². The summed E-state index contributed by atoms with van der Waals surface area (Å²) in [5.74, 6) is 0.574. The molecule has 134 valence electrons. The minimum atomic E-state index is -0.194. The van der Waals surface area contributed by atoms with Gasteiger partial charge in [0.05, 0.1) is 13.7 Å². The number of rotatable bonds is 8. The zero-order valence-electron chi connectivity index (χ0n) is 14.0. The summed E-state index contributed by atoms with van der Waals surface area (Å²) in [6.45, 7) is 0.553. The van der Waals surface area contributed by atoms with Gasteiger partial charge in [-0.2, -0.15) is 0 Å². The van der Waals surface area contributed by atoms with Gasteiger partial charge < -0.3 is 15.2 Å². The second kappa shape index (κ2) is 10.3. The first kappa shape index (κ1) is 20.4. The van der Waals surface area contributed by atoms with Crippen LogP contribution in [0.1, 0.15) is 24.8 Å². The highest BCUT2D eigenvalue weighted by Crippen LogP contribution is 2.22. The number of unbranched alkanes of at least 4 members (excludes halogenated alkanes) is 1. The van der Waals surface area contributed by atoms with Crippen molar-refractivity contribution in [2.24, 2.45) is 5.73 Å². The Morgan fingerprint density at radius 1 is 1.16 bits per heavy atom. The van der Waals surface area contributed by atoms with E-state index in [4.69, 9.17) is 15.9 Å². The number of nitrogens with one attached hydrogen (secondary N) is 1. The predicted octanol–water partition coefficient (Wildman–Crippen LogP) is 3.18. The maximum atomic E-state index is 11.0. The lowest BCUT2D eigenvalue weighted by atomic mass is 10.1. The third kappa shape index (κ3) is 6.43. The standard InChI is InChI=1S/C18H21N3O3.ClH/c1-23-17(22)4-2-3-9-24-16-7-5-13(6-8-16)14-10-15(18(19)20)12-21-11-14;/h5-8,10-12H,2-4,9H2,1H3,(H3,19,20);1H. The van der Waals surface area contributed by atoms with Gasteiger partial charge in [0.2, 0.25) is 0 Å². The number of nitrogens with zero attached hydrogens (tertiary/aromatic N) is 1. The second-order valence-corrected chi connectivity index (χ2v) is 5.28. The van der Waals surface area contributed by atoms with Crippen molar-refractivity contribution in [1.82, 2.24) is 4.98 Å². The van der Waals surface area contributed by atoms with Gasteiger partial charge in [-0.25, -0.2) is 0 Å². The third-order valence-electron chi connectivity index (χ3n) is 3.51. The van der Waals surface area contributed by atoms with Crippen molar-refractivity contribution in [2.75, 3.05) is 13.7 Å². The molecule has 1 aromatic heterocycles. The number of ether oxygens (including phenoxy) is 2. The van der Waals surface area contributed by atoms with Gasteiger partial charge >= 0.3 is 5.97 Å². The highest BCUT2D eigenvalue weighted by Gasteiger charge is 2.03. The summed E-state index contributed by atoms with van der Waals surface area (Å²) >= 11 is 0. The Kier molecular flexibility index (Phi) is 8.43. The molecule has 0 unspecified atom stereocenters. The minimum absolute atomic E-state index is 0. The minimum Gasteiger partial charge on any atom is -0.494 e. The van der Waals surface area contributed by atoms with Gasteiger partial charge in [0, 0.05) is 29.9 Å². The van der Waals surface area contributed by atoms with Crippen molar-refractivity contribution in [3.63, 3.8) is 0 Å². The average Bonchev–Trinajstić information content (AvgIpc) is 2.61. The fourth-order valence-corrected chi connectivity index (χ4v) is 2.15. The highest BCUT2D eigenvalue weighted by atomic mass is 35.5. The van der Waals surface area contributed by atoms with E-state index in [9.17, 15) is 4.79 Å². The number of halogens is 1. The first-order valence-corrected chi connectivity index (χ1v) is 7.69. The summed E-state index contributed by atoms with van der Waals surface area (Å²) < 4.78 is 10.2. The zero-order chi connectivity index (χ0) is 17.4. The van der Waals surface area contributed by atoms with E-state index in [2.05, 4.69) is 9.72 Å². The summed E-state index contributed by atoms with van der Waals surface area (Å²) in [5, 5.41) is 7.47. The molecule has 0 fully saturated rings. The first-order chi connectivity index (χ1) is 11.6. The molecule has 0 saturated heterocycles. The molecule has 0 aliphatic carbocycles. The summed E-state index contributed by atoms with van der Waals surface area (Å²) in [7, 11) is 1.39. The number of amidine groups is 1. The molecule has 0 amide bonds. The van der Waals surface area contributed by atoms with Crippen molar-refractivity contribution in [3.8, 4) is 16.9 Å². The fraction of sp³-hybridized carbons (Fsp3) is 0.278. The maximum Gasteiger partial charge on any atom is 0.305 e. The second-order valence-electron chi connectivity index (χ2n) is 5.28. The van der Waals surface area contributed by atoms with Crippen molar-refractivity contribution < 1.29 is 14.3 Å². The molecule has 0 aliphatic heterocycles. The number of aromatic nitrogens is 1. The Labute approximate surface area is 153 Å². The molecule has 0 saturated carbocycles. The number of pyridine rings is 1. The number of methoxy groups -OCH3 is 1. The Morgan fingerprint density at radius 3 is 2.52 bits per heavy atom. The van der Waals surface area contributed by atoms with Crippen LogP contribution in [0.4, 0.5) is 0 Å². The van der Waals surface area contributed by atoms with E-state index in [1.807, 2.05) is 30.3 Å². The van der Waals surface area contributed by atoms with Crippen LogP contribution < -0.4 is 10.5 Å². The van der Waals surface area contributed by atoms with E-state index in [-0.39, 0.29) is 24.2 Å². The molecule has 0 aliphatic rings. The Morgan fingerprint density at radius 2 is 1.88 bits per heavy atom. The van der Waals surface area contributed by atoms with Crippen LogP contribution in [0, 0.1) is 5.41 Å².